The van der Waals surface area contributed by atoms with Crippen molar-refractivity contribution in [3.8, 4) is 11.1 Å². The Balaban J connectivity index is 1.87. The third-order valence-corrected chi connectivity index (χ3v) is 5.44. The van der Waals surface area contributed by atoms with E-state index >= 15 is 0 Å². The van der Waals surface area contributed by atoms with Crippen molar-refractivity contribution in [3.05, 3.63) is 82.9 Å². The van der Waals surface area contributed by atoms with Gasteiger partial charge in [-0.05, 0) is 64.4 Å². The first kappa shape index (κ1) is 15.0. The summed E-state index contributed by atoms with van der Waals surface area (Å²) in [4.78, 5) is 24.7. The molecule has 0 aromatic heterocycles. The van der Waals surface area contributed by atoms with E-state index in [0.717, 1.165) is 27.1 Å². The van der Waals surface area contributed by atoms with Crippen LogP contribution in [0.5, 0.6) is 0 Å². The molecule has 1 aliphatic carbocycles. The van der Waals surface area contributed by atoms with E-state index in [-0.39, 0.29) is 0 Å². The van der Waals surface area contributed by atoms with Crippen LogP contribution >= 0.6 is 0 Å². The molecule has 0 amide bonds. The summed E-state index contributed by atoms with van der Waals surface area (Å²) in [5.74, 6) is -0.786. The van der Waals surface area contributed by atoms with Crippen LogP contribution in [-0.2, 0) is 0 Å². The number of benzene rings is 4. The van der Waals surface area contributed by atoms with Crippen molar-refractivity contribution in [2.75, 3.05) is 0 Å². The number of Topliss-reactive ketones (excluding diaryl/α,β-unsaturated/α-hetero) is 2. The number of fused-ring (bicyclic) bond motifs is 2. The van der Waals surface area contributed by atoms with Crippen LogP contribution in [0.3, 0.4) is 0 Å². The normalized spacial score (nSPS) is 13.2. The van der Waals surface area contributed by atoms with Gasteiger partial charge >= 0.3 is 0 Å². The molecule has 0 saturated heterocycles. The average Bonchev–Trinajstić information content (AvgIpc) is 2.88. The molecule has 0 bridgehead atoms. The zero-order valence-electron chi connectivity index (χ0n) is 14.6. The van der Waals surface area contributed by atoms with Crippen LogP contribution < -0.4 is 0 Å². The van der Waals surface area contributed by atoms with Crippen molar-refractivity contribution >= 4 is 33.1 Å². The van der Waals surface area contributed by atoms with Crippen molar-refractivity contribution in [3.63, 3.8) is 0 Å². The van der Waals surface area contributed by atoms with Crippen molar-refractivity contribution in [2.24, 2.45) is 0 Å². The summed E-state index contributed by atoms with van der Waals surface area (Å²) in [6.45, 7) is 4.22. The lowest BCUT2D eigenvalue weighted by Crippen LogP contribution is -2.06. The van der Waals surface area contributed by atoms with Gasteiger partial charge in [-0.3, -0.25) is 9.59 Å². The van der Waals surface area contributed by atoms with Crippen LogP contribution in [0.1, 0.15) is 31.8 Å². The van der Waals surface area contributed by atoms with E-state index in [2.05, 4.69) is 50.2 Å². The minimum absolute atomic E-state index is 0.393. The average molecular weight is 336 g/mol. The lowest BCUT2D eigenvalue weighted by atomic mass is 9.91. The Kier molecular flexibility index (Phi) is 2.96. The monoisotopic (exact) mass is 336 g/mol. The van der Waals surface area contributed by atoms with Crippen molar-refractivity contribution in [1.29, 1.82) is 0 Å². The van der Waals surface area contributed by atoms with E-state index in [1.165, 1.54) is 16.7 Å². The first-order valence-electron chi connectivity index (χ1n) is 8.71. The molecule has 0 unspecified atom stereocenters. The van der Waals surface area contributed by atoms with Crippen LogP contribution in [-0.4, -0.2) is 11.6 Å². The fourth-order valence-electron chi connectivity index (χ4n) is 4.26. The van der Waals surface area contributed by atoms with Gasteiger partial charge in [0.25, 0.3) is 0 Å². The summed E-state index contributed by atoms with van der Waals surface area (Å²) in [6.07, 6.45) is 0. The summed E-state index contributed by atoms with van der Waals surface area (Å²) >= 11 is 0. The lowest BCUT2D eigenvalue weighted by Gasteiger charge is -2.12. The maximum Gasteiger partial charge on any atom is 0.234 e. The highest BCUT2D eigenvalue weighted by atomic mass is 16.2. The van der Waals surface area contributed by atoms with E-state index in [9.17, 15) is 9.59 Å². The summed E-state index contributed by atoms with van der Waals surface area (Å²) in [7, 11) is 0. The van der Waals surface area contributed by atoms with Gasteiger partial charge in [-0.15, -0.1) is 0 Å². The SMILES string of the molecule is Cc1cccc(C)c1-c1ccc2c(c1)cc1c3c(cccc32)C(=O)C1=O. The van der Waals surface area contributed by atoms with E-state index in [0.29, 0.717) is 11.1 Å². The summed E-state index contributed by atoms with van der Waals surface area (Å²) in [6, 6.07) is 20.1. The molecule has 4 aromatic carbocycles. The minimum atomic E-state index is -0.393. The molecule has 26 heavy (non-hydrogen) atoms. The molecule has 2 heteroatoms. The maximum atomic E-state index is 12.4. The van der Waals surface area contributed by atoms with Crippen LogP contribution in [0.4, 0.5) is 0 Å². The molecule has 4 aromatic rings. The second-order valence-electron chi connectivity index (χ2n) is 7.01. The first-order valence-corrected chi connectivity index (χ1v) is 8.71. The molecule has 0 atom stereocenters. The molecular weight excluding hydrogens is 320 g/mol. The second-order valence-corrected chi connectivity index (χ2v) is 7.01. The van der Waals surface area contributed by atoms with Crippen LogP contribution in [0.2, 0.25) is 0 Å². The highest BCUT2D eigenvalue weighted by molar-refractivity contribution is 6.58. The van der Waals surface area contributed by atoms with E-state index < -0.39 is 11.6 Å². The number of carbonyl (C=O) groups excluding carboxylic acids is 2. The van der Waals surface area contributed by atoms with E-state index in [1.54, 1.807) is 6.07 Å². The molecule has 5 rings (SSSR count). The van der Waals surface area contributed by atoms with Crippen LogP contribution in [0.15, 0.2) is 60.7 Å². The van der Waals surface area contributed by atoms with E-state index in [1.807, 2.05) is 18.2 Å². The van der Waals surface area contributed by atoms with E-state index in [4.69, 9.17) is 0 Å². The van der Waals surface area contributed by atoms with Gasteiger partial charge in [0.1, 0.15) is 0 Å². The molecule has 124 valence electrons. The molecule has 2 nitrogen and oxygen atoms in total. The zero-order valence-corrected chi connectivity index (χ0v) is 14.6. The molecule has 0 saturated carbocycles. The molecule has 0 fully saturated rings. The Morgan fingerprint density at radius 3 is 2.12 bits per heavy atom. The number of hydrogen-bond donors (Lipinski definition) is 0. The standard InChI is InChI=1S/C24H16O2/c1-13-5-3-6-14(2)21(13)15-9-10-17-16(11-15)12-20-22-18(17)7-4-8-19(22)23(25)24(20)26/h3-12H,1-2H3. The third-order valence-electron chi connectivity index (χ3n) is 5.44. The minimum Gasteiger partial charge on any atom is -0.285 e. The quantitative estimate of drug-likeness (QED) is 0.332. The molecule has 0 spiro atoms. The van der Waals surface area contributed by atoms with Crippen molar-refractivity contribution in [2.45, 2.75) is 13.8 Å². The van der Waals surface area contributed by atoms with Crippen LogP contribution in [0, 0.1) is 13.8 Å². The number of ketones is 2. The molecule has 0 aliphatic heterocycles. The smallest absolute Gasteiger partial charge is 0.234 e. The number of carbonyl (C=O) groups is 2. The Morgan fingerprint density at radius 1 is 0.654 bits per heavy atom. The van der Waals surface area contributed by atoms with Gasteiger partial charge < -0.3 is 0 Å². The maximum absolute atomic E-state index is 12.4. The summed E-state index contributed by atoms with van der Waals surface area (Å²) < 4.78 is 0. The van der Waals surface area contributed by atoms with Gasteiger partial charge in [0.2, 0.25) is 11.6 Å². The molecule has 0 N–H and O–H groups in total. The molecule has 0 radical (unpaired) electrons. The van der Waals surface area contributed by atoms with Gasteiger partial charge in [0.15, 0.2) is 0 Å². The zero-order chi connectivity index (χ0) is 18.0. The number of aryl methyl sites for hydroxylation is 2. The van der Waals surface area contributed by atoms with Gasteiger partial charge in [-0.1, -0.05) is 48.5 Å². The largest absolute Gasteiger partial charge is 0.285 e. The molecular formula is C24H16O2. The number of rotatable bonds is 1. The van der Waals surface area contributed by atoms with Crippen molar-refractivity contribution in [1.82, 2.24) is 0 Å². The fraction of sp³-hybridized carbons (Fsp3) is 0.0833. The predicted molar refractivity (Wildman–Crippen MR) is 105 cm³/mol. The third kappa shape index (κ3) is 1.87. The fourth-order valence-corrected chi connectivity index (χ4v) is 4.26. The second kappa shape index (κ2) is 5.12. The Labute approximate surface area is 151 Å². The summed E-state index contributed by atoms with van der Waals surface area (Å²) in [5.41, 5.74) is 5.87. The molecule has 0 heterocycles. The molecule has 1 aliphatic rings. The van der Waals surface area contributed by atoms with Gasteiger partial charge in [-0.25, -0.2) is 0 Å². The van der Waals surface area contributed by atoms with Gasteiger partial charge in [-0.2, -0.15) is 0 Å². The lowest BCUT2D eigenvalue weighted by molar-refractivity contribution is 0.0825. The summed E-state index contributed by atoms with van der Waals surface area (Å²) in [5, 5.41) is 3.84. The first-order chi connectivity index (χ1) is 12.6. The van der Waals surface area contributed by atoms with Crippen LogP contribution in [0.25, 0.3) is 32.7 Å². The van der Waals surface area contributed by atoms with Crippen molar-refractivity contribution < 1.29 is 9.59 Å². The number of hydrogen-bond acceptors (Lipinski definition) is 2. The topological polar surface area (TPSA) is 34.1 Å². The highest BCUT2D eigenvalue weighted by Crippen LogP contribution is 2.38. The van der Waals surface area contributed by atoms with Gasteiger partial charge in [0, 0.05) is 16.5 Å². The Morgan fingerprint density at radius 2 is 1.35 bits per heavy atom. The highest BCUT2D eigenvalue weighted by Gasteiger charge is 2.31. The Hall–Kier alpha value is -3.26. The van der Waals surface area contributed by atoms with Gasteiger partial charge in [0.05, 0.1) is 0 Å². The predicted octanol–water partition coefficient (Wildman–Crippen LogP) is 5.66. The Bertz CT molecular complexity index is 1260.